The maximum atomic E-state index is 5.73. The summed E-state index contributed by atoms with van der Waals surface area (Å²) >= 11 is 0. The molecule has 0 aliphatic carbocycles. The minimum Gasteiger partial charge on any atom is -0.381 e. The first-order valence-electron chi connectivity index (χ1n) is 10.2. The maximum Gasteiger partial charge on any atom is 0.191 e. The molecule has 25 heavy (non-hydrogen) atoms. The first kappa shape index (κ1) is 20.5. The summed E-state index contributed by atoms with van der Waals surface area (Å²) in [6.45, 7) is 14.1. The summed E-state index contributed by atoms with van der Waals surface area (Å²) in [6.07, 6.45) is 4.82. The monoisotopic (exact) mass is 354 g/mol. The maximum absolute atomic E-state index is 5.73. The Labute approximate surface area is 153 Å². The van der Waals surface area contributed by atoms with Gasteiger partial charge in [-0.15, -0.1) is 0 Å². The second-order valence-corrected chi connectivity index (χ2v) is 7.39. The molecule has 0 aromatic rings. The van der Waals surface area contributed by atoms with Crippen LogP contribution >= 0.6 is 0 Å². The van der Waals surface area contributed by atoms with Crippen molar-refractivity contribution >= 4 is 5.96 Å². The molecule has 2 saturated heterocycles. The molecule has 2 atom stereocenters. The quantitative estimate of drug-likeness (QED) is 0.355. The molecule has 6 heteroatoms. The molecule has 2 rings (SSSR count). The molecule has 6 nitrogen and oxygen atoms in total. The van der Waals surface area contributed by atoms with E-state index < -0.39 is 0 Å². The van der Waals surface area contributed by atoms with Crippen molar-refractivity contribution in [3.05, 3.63) is 0 Å². The second-order valence-electron chi connectivity index (χ2n) is 7.39. The van der Waals surface area contributed by atoms with Crippen LogP contribution in [0.15, 0.2) is 4.99 Å². The fraction of sp³-hybridized carbons (Fsp3) is 0.947. The number of ether oxygens (including phenoxy) is 2. The number of rotatable bonds is 10. The van der Waals surface area contributed by atoms with Crippen LogP contribution in [0, 0.1) is 11.8 Å². The molecule has 2 fully saturated rings. The van der Waals surface area contributed by atoms with Crippen LogP contribution in [-0.2, 0) is 9.47 Å². The Kier molecular flexibility index (Phi) is 10.2. The van der Waals surface area contributed by atoms with Crippen molar-refractivity contribution in [2.24, 2.45) is 16.8 Å². The lowest BCUT2D eigenvalue weighted by Gasteiger charge is -2.30. The molecule has 0 aromatic heterocycles. The van der Waals surface area contributed by atoms with Crippen LogP contribution in [0.5, 0.6) is 0 Å². The average molecular weight is 355 g/mol. The third-order valence-corrected chi connectivity index (χ3v) is 4.90. The average Bonchev–Trinajstić information content (AvgIpc) is 3.11. The van der Waals surface area contributed by atoms with E-state index in [1.807, 2.05) is 0 Å². The van der Waals surface area contributed by atoms with Gasteiger partial charge in [0.25, 0.3) is 0 Å². The third-order valence-electron chi connectivity index (χ3n) is 4.90. The van der Waals surface area contributed by atoms with Crippen LogP contribution in [-0.4, -0.2) is 76.6 Å². The van der Waals surface area contributed by atoms with Gasteiger partial charge in [0.2, 0.25) is 0 Å². The summed E-state index contributed by atoms with van der Waals surface area (Å²) in [5, 5.41) is 6.79. The number of likely N-dealkylation sites (tertiary alicyclic amines) is 1. The smallest absolute Gasteiger partial charge is 0.191 e. The van der Waals surface area contributed by atoms with Crippen LogP contribution in [0.1, 0.15) is 39.5 Å². The number of nitrogens with zero attached hydrogens (tertiary/aromatic N) is 2. The Balaban J connectivity index is 1.54. The molecule has 0 saturated carbocycles. The van der Waals surface area contributed by atoms with E-state index in [1.54, 1.807) is 0 Å². The van der Waals surface area contributed by atoms with E-state index in [0.29, 0.717) is 5.92 Å². The number of hydrogen-bond acceptors (Lipinski definition) is 4. The highest BCUT2D eigenvalue weighted by Gasteiger charge is 2.16. The lowest BCUT2D eigenvalue weighted by Crippen LogP contribution is -2.43. The normalized spacial score (nSPS) is 25.3. The summed E-state index contributed by atoms with van der Waals surface area (Å²) in [7, 11) is 0. The molecule has 2 aliphatic heterocycles. The van der Waals surface area contributed by atoms with Gasteiger partial charge in [-0.2, -0.15) is 0 Å². The SMILES string of the molecule is CCNC(=NCCCOCC1CCOC1)NCCN1CCCC(C)C1. The molecular weight excluding hydrogens is 316 g/mol. The van der Waals surface area contributed by atoms with Gasteiger partial charge in [-0.1, -0.05) is 6.92 Å². The van der Waals surface area contributed by atoms with E-state index in [4.69, 9.17) is 9.47 Å². The summed E-state index contributed by atoms with van der Waals surface area (Å²) in [5.74, 6) is 2.36. The molecule has 2 heterocycles. The lowest BCUT2D eigenvalue weighted by atomic mass is 10.0. The van der Waals surface area contributed by atoms with E-state index in [0.717, 1.165) is 77.3 Å². The predicted octanol–water partition coefficient (Wildman–Crippen LogP) is 1.72. The minimum absolute atomic E-state index is 0.597. The topological polar surface area (TPSA) is 58.1 Å². The van der Waals surface area contributed by atoms with E-state index in [9.17, 15) is 0 Å². The van der Waals surface area contributed by atoms with Crippen LogP contribution in [0.4, 0.5) is 0 Å². The van der Waals surface area contributed by atoms with Gasteiger partial charge in [0.05, 0.1) is 13.2 Å². The van der Waals surface area contributed by atoms with E-state index in [1.165, 1.54) is 25.9 Å². The predicted molar refractivity (Wildman–Crippen MR) is 103 cm³/mol. The number of piperidine rings is 1. The molecular formula is C19H38N4O2. The molecule has 2 N–H and O–H groups in total. The fourth-order valence-electron chi connectivity index (χ4n) is 3.49. The van der Waals surface area contributed by atoms with Crippen molar-refractivity contribution in [3.8, 4) is 0 Å². The number of hydrogen-bond donors (Lipinski definition) is 2. The highest BCUT2D eigenvalue weighted by molar-refractivity contribution is 5.79. The summed E-state index contributed by atoms with van der Waals surface area (Å²) < 4.78 is 11.1. The molecule has 0 amide bonds. The zero-order chi connectivity index (χ0) is 17.7. The fourth-order valence-corrected chi connectivity index (χ4v) is 3.49. The summed E-state index contributed by atoms with van der Waals surface area (Å²) in [6, 6.07) is 0. The Bertz CT molecular complexity index is 372. The van der Waals surface area contributed by atoms with Gasteiger partial charge in [0, 0.05) is 51.9 Å². The van der Waals surface area contributed by atoms with Crippen molar-refractivity contribution in [1.29, 1.82) is 0 Å². The second kappa shape index (κ2) is 12.5. The van der Waals surface area contributed by atoms with Crippen molar-refractivity contribution in [1.82, 2.24) is 15.5 Å². The standard InChI is InChI=1S/C19H38N4O2/c1-3-20-19(22-9-11-23-10-4-6-17(2)14-23)21-8-5-12-24-15-18-7-13-25-16-18/h17-18H,3-16H2,1-2H3,(H2,20,21,22). The molecule has 0 aromatic carbocycles. The van der Waals surface area contributed by atoms with Crippen LogP contribution in [0.25, 0.3) is 0 Å². The third kappa shape index (κ3) is 8.88. The molecule has 0 bridgehead atoms. The molecule has 146 valence electrons. The van der Waals surface area contributed by atoms with Gasteiger partial charge in [0.15, 0.2) is 5.96 Å². The van der Waals surface area contributed by atoms with Gasteiger partial charge in [-0.25, -0.2) is 0 Å². The zero-order valence-corrected chi connectivity index (χ0v) is 16.3. The van der Waals surface area contributed by atoms with E-state index in [2.05, 4.69) is 34.4 Å². The largest absolute Gasteiger partial charge is 0.381 e. The number of aliphatic imine (C=N–C) groups is 1. The lowest BCUT2D eigenvalue weighted by molar-refractivity contribution is 0.0893. The van der Waals surface area contributed by atoms with Crippen LogP contribution in [0.2, 0.25) is 0 Å². The van der Waals surface area contributed by atoms with Crippen molar-refractivity contribution in [2.45, 2.75) is 39.5 Å². The Morgan fingerprint density at radius 1 is 1.32 bits per heavy atom. The Morgan fingerprint density at radius 3 is 3.00 bits per heavy atom. The summed E-state index contributed by atoms with van der Waals surface area (Å²) in [4.78, 5) is 7.21. The van der Waals surface area contributed by atoms with E-state index >= 15 is 0 Å². The number of guanidine groups is 1. The van der Waals surface area contributed by atoms with Gasteiger partial charge >= 0.3 is 0 Å². The van der Waals surface area contributed by atoms with Crippen LogP contribution in [0.3, 0.4) is 0 Å². The first-order chi connectivity index (χ1) is 12.3. The van der Waals surface area contributed by atoms with Crippen molar-refractivity contribution in [2.75, 3.05) is 65.7 Å². The molecule has 0 spiro atoms. The van der Waals surface area contributed by atoms with E-state index in [-0.39, 0.29) is 0 Å². The highest BCUT2D eigenvalue weighted by atomic mass is 16.5. The van der Waals surface area contributed by atoms with Crippen LogP contribution < -0.4 is 10.6 Å². The van der Waals surface area contributed by atoms with Crippen molar-refractivity contribution < 1.29 is 9.47 Å². The Hall–Kier alpha value is -0.850. The highest BCUT2D eigenvalue weighted by Crippen LogP contribution is 2.14. The molecule has 0 radical (unpaired) electrons. The van der Waals surface area contributed by atoms with Gasteiger partial charge < -0.3 is 25.0 Å². The van der Waals surface area contributed by atoms with Gasteiger partial charge in [-0.3, -0.25) is 4.99 Å². The zero-order valence-electron chi connectivity index (χ0n) is 16.3. The molecule has 2 unspecified atom stereocenters. The molecule has 2 aliphatic rings. The first-order valence-corrected chi connectivity index (χ1v) is 10.2. The Morgan fingerprint density at radius 2 is 2.24 bits per heavy atom. The van der Waals surface area contributed by atoms with Gasteiger partial charge in [-0.05, 0) is 45.1 Å². The number of nitrogens with one attached hydrogen (secondary N) is 2. The minimum atomic E-state index is 0.597. The van der Waals surface area contributed by atoms with Gasteiger partial charge in [0.1, 0.15) is 0 Å². The van der Waals surface area contributed by atoms with Crippen molar-refractivity contribution in [3.63, 3.8) is 0 Å². The summed E-state index contributed by atoms with van der Waals surface area (Å²) in [5.41, 5.74) is 0.